The van der Waals surface area contributed by atoms with E-state index in [9.17, 15) is 0 Å². The molecule has 1 heterocycles. The van der Waals surface area contributed by atoms with E-state index < -0.39 is 0 Å². The van der Waals surface area contributed by atoms with E-state index in [2.05, 4.69) is 105 Å². The van der Waals surface area contributed by atoms with E-state index in [1.165, 1.54) is 49.8 Å². The SMILES string of the molecule is Cc1ccc(-c2cccc3cc(-c4cc(C)ccc4C)[n+](C)cc23)cc1. The Kier molecular flexibility index (Phi) is 4.08. The maximum Gasteiger partial charge on any atom is 0.213 e. The number of aryl methyl sites for hydroxylation is 4. The molecule has 0 saturated heterocycles. The van der Waals surface area contributed by atoms with Gasteiger partial charge >= 0.3 is 0 Å². The summed E-state index contributed by atoms with van der Waals surface area (Å²) >= 11 is 0. The summed E-state index contributed by atoms with van der Waals surface area (Å²) in [6.07, 6.45) is 2.27. The van der Waals surface area contributed by atoms with Crippen molar-refractivity contribution >= 4 is 10.8 Å². The molecule has 0 aliphatic carbocycles. The van der Waals surface area contributed by atoms with Gasteiger partial charge in [-0.15, -0.1) is 0 Å². The predicted octanol–water partition coefficient (Wildman–Crippen LogP) is 5.92. The fraction of sp³-hybridized carbons (Fsp3) is 0.160. The number of hydrogen-bond donors (Lipinski definition) is 0. The summed E-state index contributed by atoms with van der Waals surface area (Å²) in [6.45, 7) is 6.46. The van der Waals surface area contributed by atoms with Crippen LogP contribution in [0.15, 0.2) is 72.9 Å². The molecule has 0 N–H and O–H groups in total. The van der Waals surface area contributed by atoms with Crippen molar-refractivity contribution in [1.29, 1.82) is 0 Å². The Morgan fingerprint density at radius 1 is 0.692 bits per heavy atom. The Bertz CT molecular complexity index is 1100. The minimum absolute atomic E-state index is 1.25. The van der Waals surface area contributed by atoms with Crippen LogP contribution in [0.5, 0.6) is 0 Å². The lowest BCUT2D eigenvalue weighted by atomic mass is 9.96. The average Bonchev–Trinajstić information content (AvgIpc) is 2.64. The average molecular weight is 338 g/mol. The standard InChI is InChI=1S/C25H24N/c1-17-9-12-20(13-10-17)22-7-5-6-21-15-25(26(4)16-24(21)22)23-14-18(2)8-11-19(23)3/h5-16H,1-4H3/q+1. The molecule has 4 rings (SSSR count). The molecule has 128 valence electrons. The van der Waals surface area contributed by atoms with Crippen molar-refractivity contribution in [2.75, 3.05) is 0 Å². The molecule has 0 saturated carbocycles. The van der Waals surface area contributed by atoms with E-state index in [0.29, 0.717) is 0 Å². The molecule has 3 aromatic carbocycles. The van der Waals surface area contributed by atoms with Gasteiger partial charge in [-0.3, -0.25) is 0 Å². The first-order chi connectivity index (χ1) is 12.5. The lowest BCUT2D eigenvalue weighted by Gasteiger charge is -2.10. The van der Waals surface area contributed by atoms with Crippen molar-refractivity contribution in [1.82, 2.24) is 0 Å². The summed E-state index contributed by atoms with van der Waals surface area (Å²) in [5.74, 6) is 0. The van der Waals surface area contributed by atoms with Crippen molar-refractivity contribution in [3.63, 3.8) is 0 Å². The highest BCUT2D eigenvalue weighted by atomic mass is 14.9. The second kappa shape index (κ2) is 6.42. The molecule has 0 fully saturated rings. The van der Waals surface area contributed by atoms with Gasteiger partial charge in [0.25, 0.3) is 0 Å². The fourth-order valence-electron chi connectivity index (χ4n) is 3.63. The van der Waals surface area contributed by atoms with Crippen molar-refractivity contribution < 1.29 is 4.57 Å². The Balaban J connectivity index is 1.94. The maximum absolute atomic E-state index is 2.31. The molecular weight excluding hydrogens is 314 g/mol. The van der Waals surface area contributed by atoms with Gasteiger partial charge in [-0.2, -0.15) is 0 Å². The highest BCUT2D eigenvalue weighted by Crippen LogP contribution is 2.31. The van der Waals surface area contributed by atoms with E-state index in [1.54, 1.807) is 0 Å². The Morgan fingerprint density at radius 3 is 2.19 bits per heavy atom. The molecule has 0 radical (unpaired) electrons. The van der Waals surface area contributed by atoms with Crippen LogP contribution >= 0.6 is 0 Å². The third-order valence-electron chi connectivity index (χ3n) is 5.17. The number of fused-ring (bicyclic) bond motifs is 1. The van der Waals surface area contributed by atoms with Crippen molar-refractivity contribution in [3.05, 3.63) is 89.6 Å². The monoisotopic (exact) mass is 338 g/mol. The zero-order valence-electron chi connectivity index (χ0n) is 15.9. The van der Waals surface area contributed by atoms with E-state index in [-0.39, 0.29) is 0 Å². The van der Waals surface area contributed by atoms with Gasteiger partial charge in [-0.25, -0.2) is 4.57 Å². The molecule has 0 atom stereocenters. The molecule has 0 unspecified atom stereocenters. The van der Waals surface area contributed by atoms with Crippen LogP contribution in [0.3, 0.4) is 0 Å². The maximum atomic E-state index is 2.31. The van der Waals surface area contributed by atoms with Crippen molar-refractivity contribution in [3.8, 4) is 22.4 Å². The van der Waals surface area contributed by atoms with Gasteiger partial charge in [0.2, 0.25) is 5.69 Å². The van der Waals surface area contributed by atoms with Crippen LogP contribution < -0.4 is 4.57 Å². The van der Waals surface area contributed by atoms with Crippen LogP contribution in [-0.4, -0.2) is 0 Å². The molecule has 4 aromatic rings. The first-order valence-corrected chi connectivity index (χ1v) is 9.10. The van der Waals surface area contributed by atoms with Crippen LogP contribution in [0.4, 0.5) is 0 Å². The van der Waals surface area contributed by atoms with E-state index in [1.807, 2.05) is 0 Å². The molecule has 1 heteroatoms. The topological polar surface area (TPSA) is 3.88 Å². The van der Waals surface area contributed by atoms with E-state index in [0.717, 1.165) is 0 Å². The van der Waals surface area contributed by atoms with Gasteiger partial charge in [0, 0.05) is 11.6 Å². The van der Waals surface area contributed by atoms with Gasteiger partial charge in [0.15, 0.2) is 6.20 Å². The van der Waals surface area contributed by atoms with Gasteiger partial charge in [0.1, 0.15) is 7.05 Å². The fourth-order valence-corrected chi connectivity index (χ4v) is 3.63. The zero-order valence-corrected chi connectivity index (χ0v) is 15.9. The summed E-state index contributed by atoms with van der Waals surface area (Å²) in [5.41, 5.74) is 8.98. The van der Waals surface area contributed by atoms with E-state index in [4.69, 9.17) is 0 Å². The third-order valence-corrected chi connectivity index (χ3v) is 5.17. The van der Waals surface area contributed by atoms with Gasteiger partial charge < -0.3 is 0 Å². The summed E-state index contributed by atoms with van der Waals surface area (Å²) < 4.78 is 2.25. The summed E-state index contributed by atoms with van der Waals surface area (Å²) in [4.78, 5) is 0. The molecule has 0 amide bonds. The van der Waals surface area contributed by atoms with Crippen LogP contribution in [0, 0.1) is 20.8 Å². The molecule has 0 aliphatic heterocycles. The van der Waals surface area contributed by atoms with Crippen LogP contribution in [0.1, 0.15) is 16.7 Å². The minimum Gasteiger partial charge on any atom is -0.200 e. The quantitative estimate of drug-likeness (QED) is 0.399. The summed E-state index contributed by atoms with van der Waals surface area (Å²) in [6, 6.07) is 24.3. The molecule has 1 nitrogen and oxygen atoms in total. The number of nitrogens with zero attached hydrogens (tertiary/aromatic N) is 1. The summed E-state index contributed by atoms with van der Waals surface area (Å²) in [5, 5.41) is 2.56. The number of aromatic nitrogens is 1. The third kappa shape index (κ3) is 2.90. The number of pyridine rings is 1. The Labute approximate surface area is 155 Å². The lowest BCUT2D eigenvalue weighted by Crippen LogP contribution is -2.30. The molecule has 1 aromatic heterocycles. The van der Waals surface area contributed by atoms with Gasteiger partial charge in [0.05, 0.1) is 5.39 Å². The summed E-state index contributed by atoms with van der Waals surface area (Å²) in [7, 11) is 2.14. The minimum atomic E-state index is 1.25. The largest absolute Gasteiger partial charge is 0.213 e. The Hall–Kier alpha value is -2.93. The van der Waals surface area contributed by atoms with Crippen molar-refractivity contribution in [2.24, 2.45) is 7.05 Å². The van der Waals surface area contributed by atoms with Crippen molar-refractivity contribution in [2.45, 2.75) is 20.8 Å². The first-order valence-electron chi connectivity index (χ1n) is 9.10. The predicted molar refractivity (Wildman–Crippen MR) is 110 cm³/mol. The first kappa shape index (κ1) is 16.5. The highest BCUT2D eigenvalue weighted by Gasteiger charge is 2.16. The molecule has 0 bridgehead atoms. The molecule has 0 aliphatic rings. The normalized spacial score (nSPS) is 11.1. The number of hydrogen-bond acceptors (Lipinski definition) is 0. The number of rotatable bonds is 2. The zero-order chi connectivity index (χ0) is 18.3. The highest BCUT2D eigenvalue weighted by molar-refractivity contribution is 5.96. The second-order valence-electron chi connectivity index (χ2n) is 7.26. The molecular formula is C25H24N+. The van der Waals surface area contributed by atoms with Gasteiger partial charge in [-0.1, -0.05) is 65.7 Å². The molecule has 26 heavy (non-hydrogen) atoms. The smallest absolute Gasteiger partial charge is 0.200 e. The second-order valence-corrected chi connectivity index (χ2v) is 7.26. The van der Waals surface area contributed by atoms with E-state index >= 15 is 0 Å². The number of benzene rings is 3. The lowest BCUT2D eigenvalue weighted by molar-refractivity contribution is -0.659. The molecule has 0 spiro atoms. The van der Waals surface area contributed by atoms with Crippen LogP contribution in [-0.2, 0) is 7.05 Å². The van der Waals surface area contributed by atoms with Crippen LogP contribution in [0.2, 0.25) is 0 Å². The van der Waals surface area contributed by atoms with Crippen LogP contribution in [0.25, 0.3) is 33.2 Å². The van der Waals surface area contributed by atoms with Gasteiger partial charge in [-0.05, 0) is 48.9 Å². The Morgan fingerprint density at radius 2 is 1.42 bits per heavy atom.